The molecule has 0 saturated heterocycles. The van der Waals surface area contributed by atoms with Crippen LogP contribution in [0.3, 0.4) is 0 Å². The molecule has 24 heavy (non-hydrogen) atoms. The average molecular weight is 326 g/mol. The minimum Gasteiger partial charge on any atom is -0.490 e. The van der Waals surface area contributed by atoms with Crippen LogP contribution in [0.25, 0.3) is 0 Å². The van der Waals surface area contributed by atoms with Crippen molar-refractivity contribution in [2.45, 2.75) is 26.4 Å². The Morgan fingerprint density at radius 3 is 2.62 bits per heavy atom. The van der Waals surface area contributed by atoms with Gasteiger partial charge in [0.25, 0.3) is 5.91 Å². The summed E-state index contributed by atoms with van der Waals surface area (Å²) in [6, 6.07) is 13.2. The number of rotatable bonds is 6. The molecule has 2 N–H and O–H groups in total. The first kappa shape index (κ1) is 16.2. The molecule has 5 heteroatoms. The van der Waals surface area contributed by atoms with Crippen LogP contribution in [0.1, 0.15) is 42.4 Å². The van der Waals surface area contributed by atoms with Crippen LogP contribution >= 0.6 is 0 Å². The molecular weight excluding hydrogens is 304 g/mol. The summed E-state index contributed by atoms with van der Waals surface area (Å²) in [6.07, 6.45) is 0.535. The van der Waals surface area contributed by atoms with Gasteiger partial charge in [0, 0.05) is 11.3 Å². The van der Waals surface area contributed by atoms with Crippen molar-refractivity contribution < 1.29 is 14.3 Å². The van der Waals surface area contributed by atoms with E-state index in [4.69, 9.17) is 9.47 Å². The smallest absolute Gasteiger partial charge is 0.255 e. The number of benzene rings is 2. The third-order valence-corrected chi connectivity index (χ3v) is 3.82. The van der Waals surface area contributed by atoms with Gasteiger partial charge in [-0.3, -0.25) is 4.79 Å². The van der Waals surface area contributed by atoms with Gasteiger partial charge in [-0.05, 0) is 31.5 Å². The lowest BCUT2D eigenvalue weighted by molar-refractivity contribution is 0.0935. The van der Waals surface area contributed by atoms with Crippen molar-refractivity contribution in [3.63, 3.8) is 0 Å². The molecule has 0 bridgehead atoms. The van der Waals surface area contributed by atoms with Crippen LogP contribution in [-0.2, 0) is 0 Å². The molecule has 0 aliphatic carbocycles. The van der Waals surface area contributed by atoms with Crippen molar-refractivity contribution in [3.8, 4) is 11.5 Å². The number of carbonyl (C=O) groups excluding carboxylic acids is 1. The fourth-order valence-corrected chi connectivity index (χ4v) is 2.75. The summed E-state index contributed by atoms with van der Waals surface area (Å²) in [5, 5.41) is 6.35. The lowest BCUT2D eigenvalue weighted by atomic mass is 10.0. The van der Waals surface area contributed by atoms with E-state index in [0.29, 0.717) is 30.3 Å². The van der Waals surface area contributed by atoms with Gasteiger partial charge in [-0.15, -0.1) is 0 Å². The van der Waals surface area contributed by atoms with Gasteiger partial charge >= 0.3 is 0 Å². The minimum absolute atomic E-state index is 0.0994. The van der Waals surface area contributed by atoms with E-state index in [1.807, 2.05) is 43.3 Å². The van der Waals surface area contributed by atoms with Crippen molar-refractivity contribution >= 4 is 11.6 Å². The highest BCUT2D eigenvalue weighted by molar-refractivity contribution is 6.01. The molecule has 0 radical (unpaired) electrons. The fourth-order valence-electron chi connectivity index (χ4n) is 2.75. The highest BCUT2D eigenvalue weighted by Crippen LogP contribution is 2.37. The van der Waals surface area contributed by atoms with Gasteiger partial charge in [0.1, 0.15) is 6.17 Å². The molecule has 2 aromatic carbocycles. The fraction of sp³-hybridized carbons (Fsp3) is 0.316. The Bertz CT molecular complexity index is 730. The van der Waals surface area contributed by atoms with Crippen molar-refractivity contribution in [1.82, 2.24) is 5.32 Å². The van der Waals surface area contributed by atoms with Crippen LogP contribution in [0.5, 0.6) is 11.5 Å². The zero-order chi connectivity index (χ0) is 16.9. The molecule has 0 saturated carbocycles. The number of fused-ring (bicyclic) bond motifs is 1. The molecule has 0 fully saturated rings. The van der Waals surface area contributed by atoms with Crippen LogP contribution in [0, 0.1) is 0 Å². The van der Waals surface area contributed by atoms with E-state index in [9.17, 15) is 4.79 Å². The maximum Gasteiger partial charge on any atom is 0.255 e. The minimum atomic E-state index is -0.361. The number of ether oxygens (including phenoxy) is 2. The largest absolute Gasteiger partial charge is 0.490 e. The Morgan fingerprint density at radius 1 is 1.00 bits per heavy atom. The van der Waals surface area contributed by atoms with Gasteiger partial charge in [0.05, 0.1) is 18.8 Å². The highest BCUT2D eigenvalue weighted by Gasteiger charge is 2.27. The van der Waals surface area contributed by atoms with Crippen LogP contribution in [-0.4, -0.2) is 19.1 Å². The number of amides is 1. The maximum absolute atomic E-state index is 12.4. The lowest BCUT2D eigenvalue weighted by Gasteiger charge is -2.29. The molecule has 3 rings (SSSR count). The summed E-state index contributed by atoms with van der Waals surface area (Å²) >= 11 is 0. The third kappa shape index (κ3) is 3.15. The summed E-state index contributed by atoms with van der Waals surface area (Å²) in [7, 11) is 0. The first-order valence-corrected chi connectivity index (χ1v) is 8.29. The molecule has 0 unspecified atom stereocenters. The topological polar surface area (TPSA) is 59.6 Å². The highest BCUT2D eigenvalue weighted by atomic mass is 16.5. The number of hydrogen-bond acceptors (Lipinski definition) is 4. The second-order valence-electron chi connectivity index (χ2n) is 5.55. The van der Waals surface area contributed by atoms with Crippen molar-refractivity contribution in [1.29, 1.82) is 0 Å². The molecule has 0 aromatic heterocycles. The monoisotopic (exact) mass is 326 g/mol. The summed E-state index contributed by atoms with van der Waals surface area (Å²) in [5.74, 6) is 1.27. The van der Waals surface area contributed by atoms with E-state index in [2.05, 4.69) is 17.6 Å². The van der Waals surface area contributed by atoms with Gasteiger partial charge in [-0.25, -0.2) is 0 Å². The Labute approximate surface area is 142 Å². The molecule has 1 heterocycles. The second-order valence-corrected chi connectivity index (χ2v) is 5.55. The Kier molecular flexibility index (Phi) is 4.89. The Balaban J connectivity index is 1.97. The molecule has 1 aliphatic rings. The van der Waals surface area contributed by atoms with Gasteiger partial charge < -0.3 is 20.1 Å². The molecule has 2 aromatic rings. The SMILES string of the molecule is CCCOc1c(OCC)cccc1[C@@H]1NC(=O)c2ccccc2N1. The molecule has 5 nitrogen and oxygen atoms in total. The van der Waals surface area contributed by atoms with Crippen molar-refractivity contribution in [3.05, 3.63) is 53.6 Å². The summed E-state index contributed by atoms with van der Waals surface area (Å²) in [4.78, 5) is 12.4. The standard InChI is InChI=1S/C19H22N2O3/c1-3-12-24-17-14(9-7-11-16(17)23-4-2)18-20-15-10-6-5-8-13(15)19(22)21-18/h5-11,18,20H,3-4,12H2,1-2H3,(H,21,22)/t18-/m0/s1. The molecule has 0 spiro atoms. The van der Waals surface area contributed by atoms with Gasteiger partial charge in [0.2, 0.25) is 0 Å². The molecule has 1 atom stereocenters. The normalized spacial score (nSPS) is 15.9. The predicted molar refractivity (Wildman–Crippen MR) is 93.7 cm³/mol. The Hall–Kier alpha value is -2.69. The molecule has 1 aliphatic heterocycles. The van der Waals surface area contributed by atoms with Crippen LogP contribution < -0.4 is 20.1 Å². The summed E-state index contributed by atoms with van der Waals surface area (Å²) < 4.78 is 11.6. The van der Waals surface area contributed by atoms with Crippen LogP contribution in [0.15, 0.2) is 42.5 Å². The number of anilines is 1. The van der Waals surface area contributed by atoms with Gasteiger partial charge in [-0.2, -0.15) is 0 Å². The van der Waals surface area contributed by atoms with E-state index in [1.54, 1.807) is 6.07 Å². The maximum atomic E-state index is 12.4. The van der Waals surface area contributed by atoms with Crippen LogP contribution in [0.2, 0.25) is 0 Å². The van der Waals surface area contributed by atoms with Crippen molar-refractivity contribution in [2.24, 2.45) is 0 Å². The molecule has 1 amide bonds. The van der Waals surface area contributed by atoms with Crippen molar-refractivity contribution in [2.75, 3.05) is 18.5 Å². The van der Waals surface area contributed by atoms with E-state index in [-0.39, 0.29) is 12.1 Å². The number of nitrogens with one attached hydrogen (secondary N) is 2. The van der Waals surface area contributed by atoms with E-state index in [1.165, 1.54) is 0 Å². The summed E-state index contributed by atoms with van der Waals surface area (Å²) in [6.45, 7) is 5.14. The summed E-state index contributed by atoms with van der Waals surface area (Å²) in [5.41, 5.74) is 2.32. The zero-order valence-corrected chi connectivity index (χ0v) is 14.0. The van der Waals surface area contributed by atoms with E-state index < -0.39 is 0 Å². The van der Waals surface area contributed by atoms with E-state index >= 15 is 0 Å². The quantitative estimate of drug-likeness (QED) is 0.849. The number of carbonyl (C=O) groups is 1. The average Bonchev–Trinajstić information content (AvgIpc) is 2.60. The lowest BCUT2D eigenvalue weighted by Crippen LogP contribution is -2.38. The second kappa shape index (κ2) is 7.25. The van der Waals surface area contributed by atoms with Gasteiger partial charge in [-0.1, -0.05) is 31.2 Å². The first-order chi connectivity index (χ1) is 11.7. The third-order valence-electron chi connectivity index (χ3n) is 3.82. The predicted octanol–water partition coefficient (Wildman–Crippen LogP) is 3.73. The molecular formula is C19H22N2O3. The van der Waals surface area contributed by atoms with Crippen LogP contribution in [0.4, 0.5) is 5.69 Å². The van der Waals surface area contributed by atoms with Gasteiger partial charge in [0.15, 0.2) is 11.5 Å². The number of para-hydroxylation sites is 2. The first-order valence-electron chi connectivity index (χ1n) is 8.29. The molecule has 126 valence electrons. The zero-order valence-electron chi connectivity index (χ0n) is 14.0. The van der Waals surface area contributed by atoms with E-state index in [0.717, 1.165) is 17.7 Å². The Morgan fingerprint density at radius 2 is 1.83 bits per heavy atom. The number of hydrogen-bond donors (Lipinski definition) is 2.